The fourth-order valence-corrected chi connectivity index (χ4v) is 8.94. The van der Waals surface area contributed by atoms with Crippen molar-refractivity contribution in [3.63, 3.8) is 0 Å². The van der Waals surface area contributed by atoms with Crippen LogP contribution in [0.1, 0.15) is 112 Å². The molecule has 4 aliphatic rings. The van der Waals surface area contributed by atoms with E-state index < -0.39 is 0 Å². The van der Waals surface area contributed by atoms with E-state index >= 15 is 0 Å². The first-order valence-electron chi connectivity index (χ1n) is 13.8. The van der Waals surface area contributed by atoms with E-state index in [0.717, 1.165) is 30.1 Å². The quantitative estimate of drug-likeness (QED) is 0.434. The van der Waals surface area contributed by atoms with Crippen LogP contribution in [0.5, 0.6) is 0 Å². The molecule has 1 heteroatoms. The molecule has 1 unspecified atom stereocenters. The lowest BCUT2D eigenvalue weighted by Crippen LogP contribution is -2.44. The minimum atomic E-state index is 0.347. The summed E-state index contributed by atoms with van der Waals surface area (Å²) >= 11 is 0. The van der Waals surface area contributed by atoms with E-state index in [1.54, 1.807) is 5.57 Å². The van der Waals surface area contributed by atoms with Gasteiger partial charge in [-0.15, -0.1) is 0 Å². The van der Waals surface area contributed by atoms with Gasteiger partial charge in [-0.25, -0.2) is 0 Å². The van der Waals surface area contributed by atoms with Crippen LogP contribution in [-0.4, -0.2) is 11.7 Å². The third-order valence-corrected chi connectivity index (χ3v) is 11.0. The molecule has 1 nitrogen and oxygen atoms in total. The Morgan fingerprint density at radius 2 is 1.77 bits per heavy atom. The Bertz CT molecular complexity index is 714. The van der Waals surface area contributed by atoms with Gasteiger partial charge in [-0.1, -0.05) is 72.5 Å². The van der Waals surface area contributed by atoms with Gasteiger partial charge in [-0.3, -0.25) is 0 Å². The predicted octanol–water partition coefficient (Wildman–Crippen LogP) is 8.34. The monoisotopic (exact) mass is 426 g/mol. The molecule has 0 spiro atoms. The average Bonchev–Trinajstić information content (AvgIpc) is 3.08. The van der Waals surface area contributed by atoms with Crippen LogP contribution < -0.4 is 0 Å². The molecule has 1 saturated carbocycles. The Hall–Kier alpha value is -0.560. The van der Waals surface area contributed by atoms with Crippen LogP contribution in [0.15, 0.2) is 22.8 Å². The lowest BCUT2D eigenvalue weighted by molar-refractivity contribution is 0.0668. The molecule has 7 atom stereocenters. The largest absolute Gasteiger partial charge is 0.396 e. The molecule has 0 aromatic carbocycles. The lowest BCUT2D eigenvalue weighted by atomic mass is 9.50. The van der Waals surface area contributed by atoms with Gasteiger partial charge in [0.15, 0.2) is 0 Å². The minimum absolute atomic E-state index is 0.347. The second-order valence-corrected chi connectivity index (χ2v) is 12.8. The topological polar surface area (TPSA) is 20.2 Å². The van der Waals surface area contributed by atoms with E-state index in [-0.39, 0.29) is 0 Å². The maximum atomic E-state index is 9.47. The summed E-state index contributed by atoms with van der Waals surface area (Å²) in [5.41, 5.74) is 6.42. The standard InChI is InChI=1S/C30H50O/c1-20(2)23(16-19-31)10-9-22(4)26-13-14-27-24-11-12-25-21(3)8-7-17-29(25,5)28(24)15-18-30(26,27)6/h14,20-23,25-26,31H,7-13,15-19H2,1-6H3/t21-,22-,23+,25?,26-,29+,30-/m1/s1. The van der Waals surface area contributed by atoms with Crippen LogP contribution in [0.2, 0.25) is 0 Å². The second kappa shape index (κ2) is 9.00. The van der Waals surface area contributed by atoms with Crippen LogP contribution in [0.3, 0.4) is 0 Å². The van der Waals surface area contributed by atoms with Crippen molar-refractivity contribution in [3.05, 3.63) is 22.8 Å². The highest BCUT2D eigenvalue weighted by atomic mass is 16.3. The van der Waals surface area contributed by atoms with E-state index in [0.29, 0.717) is 29.3 Å². The third kappa shape index (κ3) is 4.00. The van der Waals surface area contributed by atoms with Crippen molar-refractivity contribution in [1.29, 1.82) is 0 Å². The molecule has 0 bridgehead atoms. The molecule has 0 amide bonds. The molecule has 0 heterocycles. The molecular weight excluding hydrogens is 376 g/mol. The highest BCUT2D eigenvalue weighted by molar-refractivity contribution is 5.49. The molecule has 176 valence electrons. The van der Waals surface area contributed by atoms with Crippen LogP contribution in [-0.2, 0) is 0 Å². The van der Waals surface area contributed by atoms with Crippen LogP contribution in [0.25, 0.3) is 0 Å². The Labute approximate surface area is 193 Å². The first-order chi connectivity index (χ1) is 14.7. The Morgan fingerprint density at radius 3 is 2.48 bits per heavy atom. The van der Waals surface area contributed by atoms with Gasteiger partial charge >= 0.3 is 0 Å². The smallest absolute Gasteiger partial charge is 0.0433 e. The van der Waals surface area contributed by atoms with Gasteiger partial charge in [0.05, 0.1) is 0 Å². The van der Waals surface area contributed by atoms with Gasteiger partial charge in [0.2, 0.25) is 0 Å². The summed E-state index contributed by atoms with van der Waals surface area (Å²) in [5, 5.41) is 9.47. The number of rotatable bonds is 7. The molecule has 1 N–H and O–H groups in total. The summed E-state index contributed by atoms with van der Waals surface area (Å²) in [6.07, 6.45) is 17.4. The van der Waals surface area contributed by atoms with Crippen molar-refractivity contribution in [3.8, 4) is 0 Å². The number of allylic oxidation sites excluding steroid dienone is 4. The third-order valence-electron chi connectivity index (χ3n) is 11.0. The normalized spacial score (nSPS) is 39.6. The molecular formula is C30H50O. The van der Waals surface area contributed by atoms with Crippen molar-refractivity contribution in [2.75, 3.05) is 6.61 Å². The summed E-state index contributed by atoms with van der Waals surface area (Å²) in [6.45, 7) is 15.4. The molecule has 31 heavy (non-hydrogen) atoms. The molecule has 4 rings (SSSR count). The Morgan fingerprint density at radius 1 is 1.00 bits per heavy atom. The zero-order valence-electron chi connectivity index (χ0n) is 21.5. The number of fused-ring (bicyclic) bond motifs is 4. The second-order valence-electron chi connectivity index (χ2n) is 12.8. The zero-order chi connectivity index (χ0) is 22.4. The van der Waals surface area contributed by atoms with Gasteiger partial charge in [-0.2, -0.15) is 0 Å². The van der Waals surface area contributed by atoms with Crippen LogP contribution in [0.4, 0.5) is 0 Å². The zero-order valence-corrected chi connectivity index (χ0v) is 21.5. The van der Waals surface area contributed by atoms with Gasteiger partial charge in [0.25, 0.3) is 0 Å². The van der Waals surface area contributed by atoms with Gasteiger partial charge in [0, 0.05) is 6.61 Å². The molecule has 0 aromatic rings. The van der Waals surface area contributed by atoms with Gasteiger partial charge in [-0.05, 0) is 109 Å². The van der Waals surface area contributed by atoms with Crippen molar-refractivity contribution < 1.29 is 5.11 Å². The number of aliphatic hydroxyl groups excluding tert-OH is 1. The predicted molar refractivity (Wildman–Crippen MR) is 133 cm³/mol. The Kier molecular flexibility index (Phi) is 6.85. The summed E-state index contributed by atoms with van der Waals surface area (Å²) in [5.74, 6) is 4.80. The van der Waals surface area contributed by atoms with Crippen molar-refractivity contribution >= 4 is 0 Å². The summed E-state index contributed by atoms with van der Waals surface area (Å²) in [7, 11) is 0. The summed E-state index contributed by atoms with van der Waals surface area (Å²) in [6, 6.07) is 0. The van der Waals surface area contributed by atoms with E-state index in [1.165, 1.54) is 64.2 Å². The average molecular weight is 427 g/mol. The van der Waals surface area contributed by atoms with Crippen LogP contribution in [0, 0.1) is 46.3 Å². The van der Waals surface area contributed by atoms with Crippen molar-refractivity contribution in [2.24, 2.45) is 46.3 Å². The lowest BCUT2D eigenvalue weighted by Gasteiger charge is -2.55. The summed E-state index contributed by atoms with van der Waals surface area (Å²) < 4.78 is 0. The van der Waals surface area contributed by atoms with Crippen molar-refractivity contribution in [1.82, 2.24) is 0 Å². The van der Waals surface area contributed by atoms with Gasteiger partial charge in [0.1, 0.15) is 0 Å². The van der Waals surface area contributed by atoms with E-state index in [4.69, 9.17) is 0 Å². The molecule has 4 aliphatic carbocycles. The van der Waals surface area contributed by atoms with Crippen molar-refractivity contribution in [2.45, 2.75) is 112 Å². The first-order valence-corrected chi connectivity index (χ1v) is 13.8. The number of aliphatic hydroxyl groups is 1. The number of hydrogen-bond acceptors (Lipinski definition) is 1. The van der Waals surface area contributed by atoms with E-state index in [9.17, 15) is 5.11 Å². The molecule has 0 aromatic heterocycles. The maximum absolute atomic E-state index is 9.47. The van der Waals surface area contributed by atoms with E-state index in [1.807, 2.05) is 11.1 Å². The molecule has 0 radical (unpaired) electrons. The Balaban J connectivity index is 1.51. The number of hydrogen-bond donors (Lipinski definition) is 1. The van der Waals surface area contributed by atoms with Gasteiger partial charge < -0.3 is 5.11 Å². The fourth-order valence-electron chi connectivity index (χ4n) is 8.94. The first kappa shape index (κ1) is 23.6. The molecule has 1 fully saturated rings. The van der Waals surface area contributed by atoms with E-state index in [2.05, 4.69) is 47.6 Å². The SMILES string of the molecule is CC(C)[C@H](CCO)CC[C@@H](C)[C@H]1CC=C2C3=C(CC[C@@]21C)[C@@]1(C)CCC[C@@H](C)C1CC3. The highest BCUT2D eigenvalue weighted by Gasteiger charge is 2.53. The minimum Gasteiger partial charge on any atom is -0.396 e. The summed E-state index contributed by atoms with van der Waals surface area (Å²) in [4.78, 5) is 0. The van der Waals surface area contributed by atoms with Crippen LogP contribution >= 0.6 is 0 Å². The fraction of sp³-hybridized carbons (Fsp3) is 0.867. The molecule has 0 aliphatic heterocycles. The maximum Gasteiger partial charge on any atom is 0.0433 e. The molecule has 0 saturated heterocycles. The highest BCUT2D eigenvalue weighted by Crippen LogP contribution is 2.64.